The van der Waals surface area contributed by atoms with Crippen LogP contribution in [0.1, 0.15) is 26.3 Å². The maximum atomic E-state index is 12.3. The molecular weight excluding hydrogens is 354 g/mol. The van der Waals surface area contributed by atoms with Crippen LogP contribution in [-0.2, 0) is 17.7 Å². The summed E-state index contributed by atoms with van der Waals surface area (Å²) in [6.45, 7) is 5.70. The number of para-hydroxylation sites is 1. The molecule has 0 unspecified atom stereocenters. The molecule has 28 heavy (non-hydrogen) atoms. The van der Waals surface area contributed by atoms with Gasteiger partial charge >= 0.3 is 6.09 Å². The van der Waals surface area contributed by atoms with Crippen molar-refractivity contribution in [1.29, 1.82) is 0 Å². The van der Waals surface area contributed by atoms with Gasteiger partial charge in [0.2, 0.25) is 0 Å². The molecule has 148 valence electrons. The molecule has 1 amide bonds. The van der Waals surface area contributed by atoms with Gasteiger partial charge in [0.05, 0.1) is 30.4 Å². The first-order valence-electron chi connectivity index (χ1n) is 9.44. The van der Waals surface area contributed by atoms with Crippen LogP contribution in [0.15, 0.2) is 60.8 Å². The molecule has 6 nitrogen and oxygen atoms in total. The SMILES string of the molecule is CC(C)(C)OC(=O)N[C@H](Cc1ccccc1)[C@@H](O)Cn1ncc2ccccc21. The molecule has 3 rings (SSSR count). The first kappa shape index (κ1) is 19.9. The summed E-state index contributed by atoms with van der Waals surface area (Å²) in [6, 6.07) is 17.1. The molecule has 2 aromatic carbocycles. The first-order valence-corrected chi connectivity index (χ1v) is 9.44. The second-order valence-corrected chi connectivity index (χ2v) is 7.90. The Morgan fingerprint density at radius 1 is 1.14 bits per heavy atom. The van der Waals surface area contributed by atoms with E-state index >= 15 is 0 Å². The highest BCUT2D eigenvalue weighted by molar-refractivity contribution is 5.78. The van der Waals surface area contributed by atoms with Crippen molar-refractivity contribution in [2.24, 2.45) is 0 Å². The molecule has 0 spiro atoms. The van der Waals surface area contributed by atoms with E-state index in [2.05, 4.69) is 10.4 Å². The predicted octanol–water partition coefficient (Wildman–Crippen LogP) is 3.53. The van der Waals surface area contributed by atoms with Crippen molar-refractivity contribution < 1.29 is 14.6 Å². The number of nitrogens with one attached hydrogen (secondary N) is 1. The minimum absolute atomic E-state index is 0.265. The smallest absolute Gasteiger partial charge is 0.407 e. The number of ether oxygens (including phenoxy) is 1. The number of alkyl carbamates (subject to hydrolysis) is 1. The fraction of sp³-hybridized carbons (Fsp3) is 0.364. The van der Waals surface area contributed by atoms with Gasteiger partial charge in [-0.3, -0.25) is 4.68 Å². The zero-order chi connectivity index (χ0) is 20.1. The number of hydrogen-bond donors (Lipinski definition) is 2. The van der Waals surface area contributed by atoms with E-state index in [9.17, 15) is 9.90 Å². The Kier molecular flexibility index (Phi) is 5.99. The Hall–Kier alpha value is -2.86. The zero-order valence-electron chi connectivity index (χ0n) is 16.5. The quantitative estimate of drug-likeness (QED) is 0.685. The Bertz CT molecular complexity index is 915. The Morgan fingerprint density at radius 2 is 1.82 bits per heavy atom. The fourth-order valence-corrected chi connectivity index (χ4v) is 3.09. The van der Waals surface area contributed by atoms with Gasteiger partial charge in [0.15, 0.2) is 0 Å². The molecule has 0 saturated heterocycles. The molecule has 0 radical (unpaired) electrons. The van der Waals surface area contributed by atoms with Gasteiger partial charge in [0.25, 0.3) is 0 Å². The van der Waals surface area contributed by atoms with Crippen LogP contribution in [0.2, 0.25) is 0 Å². The van der Waals surface area contributed by atoms with Crippen molar-refractivity contribution in [1.82, 2.24) is 15.1 Å². The average Bonchev–Trinajstić information content (AvgIpc) is 3.03. The minimum atomic E-state index is -0.837. The second kappa shape index (κ2) is 8.44. The van der Waals surface area contributed by atoms with Crippen LogP contribution in [0.25, 0.3) is 10.9 Å². The molecule has 1 aromatic heterocycles. The summed E-state index contributed by atoms with van der Waals surface area (Å²) in [4.78, 5) is 12.3. The van der Waals surface area contributed by atoms with E-state index in [1.165, 1.54) is 0 Å². The Balaban J connectivity index is 1.77. The number of benzene rings is 2. The van der Waals surface area contributed by atoms with E-state index in [1.54, 1.807) is 10.9 Å². The lowest BCUT2D eigenvalue weighted by atomic mass is 10.0. The van der Waals surface area contributed by atoms with Crippen LogP contribution in [-0.4, -0.2) is 38.7 Å². The van der Waals surface area contributed by atoms with E-state index in [1.807, 2.05) is 75.4 Å². The van der Waals surface area contributed by atoms with Gasteiger partial charge in [-0.25, -0.2) is 4.79 Å². The molecule has 3 aromatic rings. The van der Waals surface area contributed by atoms with Gasteiger partial charge in [-0.15, -0.1) is 0 Å². The van der Waals surface area contributed by atoms with Crippen molar-refractivity contribution >= 4 is 17.0 Å². The van der Waals surface area contributed by atoms with Crippen LogP contribution in [0.3, 0.4) is 0 Å². The average molecular weight is 381 g/mol. The number of hydrogen-bond acceptors (Lipinski definition) is 4. The van der Waals surface area contributed by atoms with Crippen molar-refractivity contribution in [3.8, 4) is 0 Å². The lowest BCUT2D eigenvalue weighted by Gasteiger charge is -2.27. The Labute approximate surface area is 165 Å². The lowest BCUT2D eigenvalue weighted by molar-refractivity contribution is 0.0400. The van der Waals surface area contributed by atoms with E-state index in [0.717, 1.165) is 16.5 Å². The molecule has 6 heteroatoms. The number of nitrogens with zero attached hydrogens (tertiary/aromatic N) is 2. The molecule has 1 heterocycles. The third-order valence-corrected chi connectivity index (χ3v) is 4.38. The number of amides is 1. The molecule has 2 N–H and O–H groups in total. The van der Waals surface area contributed by atoms with E-state index in [-0.39, 0.29) is 6.54 Å². The molecule has 0 saturated carbocycles. The number of carbonyl (C=O) groups excluding carboxylic acids is 1. The van der Waals surface area contributed by atoms with E-state index in [0.29, 0.717) is 6.42 Å². The normalized spacial score (nSPS) is 13.9. The molecule has 0 bridgehead atoms. The maximum Gasteiger partial charge on any atom is 0.407 e. The van der Waals surface area contributed by atoms with Crippen molar-refractivity contribution in [3.63, 3.8) is 0 Å². The molecular formula is C22H27N3O3. The molecule has 0 aliphatic carbocycles. The number of aliphatic hydroxyl groups is 1. The highest BCUT2D eigenvalue weighted by atomic mass is 16.6. The number of rotatable bonds is 6. The monoisotopic (exact) mass is 381 g/mol. The number of aliphatic hydroxyl groups excluding tert-OH is 1. The van der Waals surface area contributed by atoms with Crippen LogP contribution in [0, 0.1) is 0 Å². The summed E-state index contributed by atoms with van der Waals surface area (Å²) >= 11 is 0. The topological polar surface area (TPSA) is 76.4 Å². The second-order valence-electron chi connectivity index (χ2n) is 7.90. The van der Waals surface area contributed by atoms with Crippen molar-refractivity contribution in [2.75, 3.05) is 0 Å². The summed E-state index contributed by atoms with van der Waals surface area (Å²) in [5.74, 6) is 0. The predicted molar refractivity (Wildman–Crippen MR) is 109 cm³/mol. The van der Waals surface area contributed by atoms with E-state index < -0.39 is 23.8 Å². The fourth-order valence-electron chi connectivity index (χ4n) is 3.09. The zero-order valence-corrected chi connectivity index (χ0v) is 16.5. The number of carbonyl (C=O) groups is 1. The van der Waals surface area contributed by atoms with Crippen LogP contribution in [0.5, 0.6) is 0 Å². The summed E-state index contributed by atoms with van der Waals surface area (Å²) in [6.07, 6.45) is 0.879. The Morgan fingerprint density at radius 3 is 2.54 bits per heavy atom. The van der Waals surface area contributed by atoms with Crippen LogP contribution < -0.4 is 5.32 Å². The first-order chi connectivity index (χ1) is 13.3. The number of fused-ring (bicyclic) bond motifs is 1. The highest BCUT2D eigenvalue weighted by Gasteiger charge is 2.26. The van der Waals surface area contributed by atoms with Gasteiger partial charge in [-0.2, -0.15) is 5.10 Å². The third kappa shape index (κ3) is 5.33. The third-order valence-electron chi connectivity index (χ3n) is 4.38. The lowest BCUT2D eigenvalue weighted by Crippen LogP contribution is -2.48. The van der Waals surface area contributed by atoms with Crippen LogP contribution >= 0.6 is 0 Å². The molecule has 2 atom stereocenters. The summed E-state index contributed by atoms with van der Waals surface area (Å²) in [5, 5.41) is 19.1. The summed E-state index contributed by atoms with van der Waals surface area (Å²) < 4.78 is 7.14. The minimum Gasteiger partial charge on any atom is -0.444 e. The highest BCUT2D eigenvalue weighted by Crippen LogP contribution is 2.15. The largest absolute Gasteiger partial charge is 0.444 e. The maximum absolute atomic E-state index is 12.3. The summed E-state index contributed by atoms with van der Waals surface area (Å²) in [5.41, 5.74) is 1.36. The summed E-state index contributed by atoms with van der Waals surface area (Å²) in [7, 11) is 0. The molecule has 0 fully saturated rings. The van der Waals surface area contributed by atoms with Gasteiger partial charge in [-0.05, 0) is 38.8 Å². The van der Waals surface area contributed by atoms with Crippen molar-refractivity contribution in [3.05, 3.63) is 66.4 Å². The van der Waals surface area contributed by atoms with Gasteiger partial charge < -0.3 is 15.2 Å². The van der Waals surface area contributed by atoms with Crippen molar-refractivity contribution in [2.45, 2.75) is 51.5 Å². The van der Waals surface area contributed by atoms with Gasteiger partial charge in [-0.1, -0.05) is 48.5 Å². The van der Waals surface area contributed by atoms with Gasteiger partial charge in [0.1, 0.15) is 5.60 Å². The number of aromatic nitrogens is 2. The molecule has 0 aliphatic rings. The van der Waals surface area contributed by atoms with Crippen LogP contribution in [0.4, 0.5) is 4.79 Å². The van der Waals surface area contributed by atoms with E-state index in [4.69, 9.17) is 4.74 Å². The standard InChI is InChI=1S/C22H27N3O3/c1-22(2,3)28-21(27)24-18(13-16-9-5-4-6-10-16)20(26)15-25-19-12-8-7-11-17(19)14-23-25/h4-12,14,18,20,26H,13,15H2,1-3H3,(H,24,27)/t18-,20+/m1/s1. The molecule has 0 aliphatic heterocycles. The van der Waals surface area contributed by atoms with Gasteiger partial charge in [0, 0.05) is 5.39 Å².